The molecule has 2 aromatic rings. The van der Waals surface area contributed by atoms with Crippen molar-refractivity contribution in [3.05, 3.63) is 46.3 Å². The van der Waals surface area contributed by atoms with Crippen LogP contribution in [0.25, 0.3) is 10.4 Å². The van der Waals surface area contributed by atoms with Crippen LogP contribution in [0.2, 0.25) is 5.02 Å². The SMILES string of the molecule is O=C(NC1CC2CCN(C2)C1)c1ccc(-c2ccc(Cl)cc2)s1. The summed E-state index contributed by atoms with van der Waals surface area (Å²) in [5.74, 6) is 0.824. The summed E-state index contributed by atoms with van der Waals surface area (Å²) >= 11 is 7.46. The minimum atomic E-state index is 0.0581. The fourth-order valence-corrected chi connectivity index (χ4v) is 4.69. The number of fused-ring (bicyclic) bond motifs is 2. The third kappa shape index (κ3) is 3.30. The number of piperidine rings is 1. The lowest BCUT2D eigenvalue weighted by atomic mass is 9.97. The van der Waals surface area contributed by atoms with Crippen molar-refractivity contribution in [3.8, 4) is 10.4 Å². The molecule has 3 atom stereocenters. The third-order valence-corrected chi connectivity index (χ3v) is 6.15. The zero-order chi connectivity index (χ0) is 15.8. The third-order valence-electron chi connectivity index (χ3n) is 4.76. The van der Waals surface area contributed by atoms with E-state index in [0.29, 0.717) is 6.04 Å². The van der Waals surface area contributed by atoms with Gasteiger partial charge in [-0.1, -0.05) is 23.7 Å². The highest BCUT2D eigenvalue weighted by Gasteiger charge is 2.33. The van der Waals surface area contributed by atoms with Gasteiger partial charge in [-0.25, -0.2) is 0 Å². The Morgan fingerprint density at radius 3 is 2.78 bits per heavy atom. The van der Waals surface area contributed by atoms with Crippen LogP contribution in [-0.2, 0) is 0 Å². The van der Waals surface area contributed by atoms with E-state index in [9.17, 15) is 4.79 Å². The molecule has 1 N–H and O–H groups in total. The van der Waals surface area contributed by atoms with E-state index >= 15 is 0 Å². The molecule has 5 heteroatoms. The average molecular weight is 347 g/mol. The van der Waals surface area contributed by atoms with E-state index in [1.807, 2.05) is 36.4 Å². The molecule has 0 spiro atoms. The number of thiophene rings is 1. The second kappa shape index (κ2) is 6.27. The molecule has 2 fully saturated rings. The van der Waals surface area contributed by atoms with Crippen LogP contribution in [0.5, 0.6) is 0 Å². The Balaban J connectivity index is 1.44. The monoisotopic (exact) mass is 346 g/mol. The van der Waals surface area contributed by atoms with Gasteiger partial charge in [0.15, 0.2) is 0 Å². The van der Waals surface area contributed by atoms with Gasteiger partial charge in [0.2, 0.25) is 0 Å². The number of amides is 1. The van der Waals surface area contributed by atoms with Gasteiger partial charge in [-0.3, -0.25) is 4.79 Å². The Bertz CT molecular complexity index is 700. The first kappa shape index (κ1) is 15.2. The summed E-state index contributed by atoms with van der Waals surface area (Å²) in [4.78, 5) is 16.8. The first-order chi connectivity index (χ1) is 11.2. The number of nitrogens with zero attached hydrogens (tertiary/aromatic N) is 1. The lowest BCUT2D eigenvalue weighted by molar-refractivity contribution is 0.0913. The first-order valence-corrected chi connectivity index (χ1v) is 9.26. The van der Waals surface area contributed by atoms with Crippen molar-refractivity contribution in [3.63, 3.8) is 0 Å². The van der Waals surface area contributed by atoms with Gasteiger partial charge in [0, 0.05) is 29.0 Å². The number of carbonyl (C=O) groups excluding carboxylic acids is 1. The van der Waals surface area contributed by atoms with Crippen molar-refractivity contribution in [2.24, 2.45) is 5.92 Å². The summed E-state index contributed by atoms with van der Waals surface area (Å²) in [6.07, 6.45) is 2.41. The minimum Gasteiger partial charge on any atom is -0.347 e. The highest BCUT2D eigenvalue weighted by Crippen LogP contribution is 2.30. The lowest BCUT2D eigenvalue weighted by Gasteiger charge is -2.30. The number of halogens is 1. The predicted octanol–water partition coefficient (Wildman–Crippen LogP) is 3.89. The van der Waals surface area contributed by atoms with Crippen molar-refractivity contribution in [1.29, 1.82) is 0 Å². The molecule has 2 aliphatic rings. The van der Waals surface area contributed by atoms with E-state index in [2.05, 4.69) is 10.2 Å². The molecule has 1 aromatic carbocycles. The van der Waals surface area contributed by atoms with Crippen LogP contribution >= 0.6 is 22.9 Å². The number of rotatable bonds is 3. The summed E-state index contributed by atoms with van der Waals surface area (Å²) < 4.78 is 0. The molecule has 0 aliphatic carbocycles. The van der Waals surface area contributed by atoms with E-state index < -0.39 is 0 Å². The molecule has 2 aliphatic heterocycles. The van der Waals surface area contributed by atoms with Gasteiger partial charge in [-0.15, -0.1) is 11.3 Å². The first-order valence-electron chi connectivity index (χ1n) is 8.06. The standard InChI is InChI=1S/C18H19ClN2OS/c19-14-3-1-13(2-4-14)16-5-6-17(23-16)18(22)20-15-9-12-7-8-21(10-12)11-15/h1-6,12,15H,7-11H2,(H,20,22). The molecule has 1 aromatic heterocycles. The molecule has 2 bridgehead atoms. The van der Waals surface area contributed by atoms with Crippen LogP contribution in [0.3, 0.4) is 0 Å². The predicted molar refractivity (Wildman–Crippen MR) is 95.2 cm³/mol. The van der Waals surface area contributed by atoms with Gasteiger partial charge >= 0.3 is 0 Å². The smallest absolute Gasteiger partial charge is 0.261 e. The van der Waals surface area contributed by atoms with Crippen molar-refractivity contribution in [2.45, 2.75) is 18.9 Å². The topological polar surface area (TPSA) is 32.3 Å². The van der Waals surface area contributed by atoms with Gasteiger partial charge in [-0.05, 0) is 55.1 Å². The number of nitrogens with one attached hydrogen (secondary N) is 1. The van der Waals surface area contributed by atoms with Gasteiger partial charge < -0.3 is 10.2 Å². The van der Waals surface area contributed by atoms with Gasteiger partial charge in [0.05, 0.1) is 4.88 Å². The van der Waals surface area contributed by atoms with Crippen molar-refractivity contribution >= 4 is 28.8 Å². The van der Waals surface area contributed by atoms with Crippen LogP contribution < -0.4 is 5.32 Å². The normalized spacial score (nSPS) is 26.2. The molecule has 0 saturated carbocycles. The van der Waals surface area contributed by atoms with E-state index in [4.69, 9.17) is 11.6 Å². The summed E-state index contributed by atoms with van der Waals surface area (Å²) in [6, 6.07) is 12.0. The molecule has 2 saturated heterocycles. The lowest BCUT2D eigenvalue weighted by Crippen LogP contribution is -2.46. The van der Waals surface area contributed by atoms with Crippen molar-refractivity contribution in [2.75, 3.05) is 19.6 Å². The molecule has 3 heterocycles. The quantitative estimate of drug-likeness (QED) is 0.914. The van der Waals surface area contributed by atoms with E-state index in [0.717, 1.165) is 39.2 Å². The van der Waals surface area contributed by atoms with Gasteiger partial charge in [0.25, 0.3) is 5.91 Å². The summed E-state index contributed by atoms with van der Waals surface area (Å²) in [5, 5.41) is 3.95. The van der Waals surface area contributed by atoms with Gasteiger partial charge in [0.1, 0.15) is 0 Å². The molecular weight excluding hydrogens is 328 g/mol. The fourth-order valence-electron chi connectivity index (χ4n) is 3.65. The van der Waals surface area contributed by atoms with Gasteiger partial charge in [-0.2, -0.15) is 0 Å². The molecular formula is C18H19ClN2OS. The zero-order valence-corrected chi connectivity index (χ0v) is 14.4. The second-order valence-corrected chi connectivity index (χ2v) is 8.01. The molecule has 120 valence electrons. The Morgan fingerprint density at radius 1 is 1.17 bits per heavy atom. The number of benzene rings is 1. The van der Waals surface area contributed by atoms with E-state index in [-0.39, 0.29) is 5.91 Å². The number of hydrogen-bond donors (Lipinski definition) is 1. The maximum Gasteiger partial charge on any atom is 0.261 e. The minimum absolute atomic E-state index is 0.0581. The summed E-state index contributed by atoms with van der Waals surface area (Å²) in [5.41, 5.74) is 1.10. The second-order valence-electron chi connectivity index (χ2n) is 6.49. The largest absolute Gasteiger partial charge is 0.347 e. The van der Waals surface area contributed by atoms with E-state index in [1.165, 1.54) is 30.8 Å². The number of carbonyl (C=O) groups is 1. The maximum absolute atomic E-state index is 12.5. The van der Waals surface area contributed by atoms with Crippen molar-refractivity contribution in [1.82, 2.24) is 10.2 Å². The highest BCUT2D eigenvalue weighted by atomic mass is 35.5. The fraction of sp³-hybridized carbons (Fsp3) is 0.389. The van der Waals surface area contributed by atoms with Crippen molar-refractivity contribution < 1.29 is 4.79 Å². The molecule has 23 heavy (non-hydrogen) atoms. The zero-order valence-electron chi connectivity index (χ0n) is 12.8. The molecule has 3 unspecified atom stereocenters. The van der Waals surface area contributed by atoms with Crippen LogP contribution in [0.1, 0.15) is 22.5 Å². The Labute approximate surface area is 145 Å². The summed E-state index contributed by atoms with van der Waals surface area (Å²) in [6.45, 7) is 3.40. The Morgan fingerprint density at radius 2 is 2.00 bits per heavy atom. The molecule has 4 rings (SSSR count). The average Bonchev–Trinajstić information content (AvgIpc) is 3.15. The Hall–Kier alpha value is -1.36. The molecule has 3 nitrogen and oxygen atoms in total. The Kier molecular flexibility index (Phi) is 4.14. The van der Waals surface area contributed by atoms with Crippen LogP contribution in [0, 0.1) is 5.92 Å². The van der Waals surface area contributed by atoms with Crippen LogP contribution in [-0.4, -0.2) is 36.5 Å². The van der Waals surface area contributed by atoms with Crippen LogP contribution in [0.15, 0.2) is 36.4 Å². The molecule has 1 amide bonds. The maximum atomic E-state index is 12.5. The molecule has 0 radical (unpaired) electrons. The summed E-state index contributed by atoms with van der Waals surface area (Å²) in [7, 11) is 0. The highest BCUT2D eigenvalue weighted by molar-refractivity contribution is 7.17. The number of hydrogen-bond acceptors (Lipinski definition) is 3. The van der Waals surface area contributed by atoms with E-state index in [1.54, 1.807) is 0 Å². The van der Waals surface area contributed by atoms with Crippen LogP contribution in [0.4, 0.5) is 0 Å².